The van der Waals surface area contributed by atoms with Crippen LogP contribution < -0.4 is 5.32 Å². The van der Waals surface area contributed by atoms with E-state index in [9.17, 15) is 0 Å². The van der Waals surface area contributed by atoms with Crippen LogP contribution in [-0.4, -0.2) is 15.2 Å². The highest BCUT2D eigenvalue weighted by Crippen LogP contribution is 2.29. The van der Waals surface area contributed by atoms with Crippen molar-refractivity contribution in [1.29, 1.82) is 0 Å². The molecule has 3 aromatic rings. The van der Waals surface area contributed by atoms with Gasteiger partial charge in [-0.25, -0.2) is 4.98 Å². The lowest BCUT2D eigenvalue weighted by Crippen LogP contribution is -1.96. The van der Waals surface area contributed by atoms with Crippen molar-refractivity contribution in [1.82, 2.24) is 15.2 Å². The zero-order chi connectivity index (χ0) is 15.2. The van der Waals surface area contributed by atoms with Crippen LogP contribution in [0.15, 0.2) is 32.5 Å². The second-order valence-electron chi connectivity index (χ2n) is 4.58. The summed E-state index contributed by atoms with van der Waals surface area (Å²) in [4.78, 5) is 4.62. The molecule has 5 nitrogen and oxygen atoms in total. The lowest BCUT2D eigenvalue weighted by Gasteiger charge is -1.96. The highest BCUT2D eigenvalue weighted by Gasteiger charge is 2.07. The maximum Gasteiger partial charge on any atom is 0.206 e. The average Bonchev–Trinajstić information content (AvgIpc) is 3.26. The number of nitrogens with one attached hydrogen (secondary N) is 1. The molecule has 0 radical (unpaired) electrons. The average molecular weight is 353 g/mol. The molecule has 0 bridgehead atoms. The minimum Gasteiger partial charge on any atom is -0.467 e. The number of furan rings is 1. The van der Waals surface area contributed by atoms with Crippen LogP contribution in [0.3, 0.4) is 0 Å². The van der Waals surface area contributed by atoms with E-state index in [4.69, 9.17) is 4.42 Å². The van der Waals surface area contributed by atoms with Crippen LogP contribution in [0.2, 0.25) is 0 Å². The van der Waals surface area contributed by atoms with Crippen LogP contribution in [0.5, 0.6) is 0 Å². The lowest BCUT2D eigenvalue weighted by molar-refractivity contribution is 0.518. The van der Waals surface area contributed by atoms with E-state index in [1.54, 1.807) is 40.7 Å². The van der Waals surface area contributed by atoms with Gasteiger partial charge < -0.3 is 9.73 Å². The van der Waals surface area contributed by atoms with Gasteiger partial charge in [0.05, 0.1) is 23.5 Å². The maximum atomic E-state index is 5.27. The molecule has 3 rings (SSSR count). The fourth-order valence-electron chi connectivity index (χ4n) is 1.80. The second-order valence-corrected chi connectivity index (χ2v) is 7.72. The van der Waals surface area contributed by atoms with E-state index < -0.39 is 0 Å². The Morgan fingerprint density at radius 2 is 2.32 bits per heavy atom. The largest absolute Gasteiger partial charge is 0.467 e. The highest BCUT2D eigenvalue weighted by atomic mass is 32.2. The summed E-state index contributed by atoms with van der Waals surface area (Å²) in [6.45, 7) is 2.80. The third-order valence-electron chi connectivity index (χ3n) is 2.81. The molecule has 22 heavy (non-hydrogen) atoms. The van der Waals surface area contributed by atoms with Gasteiger partial charge in [-0.05, 0) is 25.0 Å². The van der Waals surface area contributed by atoms with Gasteiger partial charge in [-0.15, -0.1) is 21.5 Å². The third-order valence-corrected chi connectivity index (χ3v) is 5.81. The molecule has 3 aromatic heterocycles. The summed E-state index contributed by atoms with van der Waals surface area (Å²) in [5.41, 5.74) is 1.12. The van der Waals surface area contributed by atoms with Gasteiger partial charge in [-0.2, -0.15) is 0 Å². The number of thioether (sulfide) groups is 1. The van der Waals surface area contributed by atoms with Crippen molar-refractivity contribution < 1.29 is 4.42 Å². The molecule has 0 fully saturated rings. The summed E-state index contributed by atoms with van der Waals surface area (Å²) in [5.74, 6) is 1.72. The molecule has 0 aliphatic rings. The molecule has 0 aliphatic heterocycles. The molecule has 0 spiro atoms. The van der Waals surface area contributed by atoms with Crippen LogP contribution in [0.4, 0.5) is 5.13 Å². The first kappa shape index (κ1) is 15.5. The Morgan fingerprint density at radius 3 is 3.14 bits per heavy atom. The number of aromatic nitrogens is 3. The molecule has 0 amide bonds. The van der Waals surface area contributed by atoms with E-state index in [0.717, 1.165) is 39.5 Å². The first-order chi connectivity index (χ1) is 10.8. The molecule has 0 aromatic carbocycles. The Labute approximate surface area is 141 Å². The molecule has 0 unspecified atom stereocenters. The SMILES string of the molecule is CCCc1nc(CSc2nnc(NCc3ccco3)s2)cs1. The van der Waals surface area contributed by atoms with Crippen molar-refractivity contribution in [3.63, 3.8) is 0 Å². The monoisotopic (exact) mass is 352 g/mol. The summed E-state index contributed by atoms with van der Waals surface area (Å²) in [6.07, 6.45) is 3.87. The Hall–Kier alpha value is -1.38. The fourth-order valence-corrected chi connectivity index (χ4v) is 4.44. The van der Waals surface area contributed by atoms with Crippen LogP contribution in [0.1, 0.15) is 29.8 Å². The molecular formula is C14H16N4OS3. The van der Waals surface area contributed by atoms with E-state index in [1.165, 1.54) is 5.01 Å². The molecular weight excluding hydrogens is 336 g/mol. The standard InChI is InChI=1S/C14H16N4OS3/c1-2-4-12-16-10(8-20-12)9-21-14-18-17-13(22-14)15-7-11-5-3-6-19-11/h3,5-6,8H,2,4,7,9H2,1H3,(H,15,17). The van der Waals surface area contributed by atoms with Crippen LogP contribution in [0, 0.1) is 0 Å². The number of thiazole rings is 1. The van der Waals surface area contributed by atoms with Crippen molar-refractivity contribution >= 4 is 39.6 Å². The normalized spacial score (nSPS) is 11.0. The predicted molar refractivity (Wildman–Crippen MR) is 91.6 cm³/mol. The van der Waals surface area contributed by atoms with Gasteiger partial charge in [-0.3, -0.25) is 0 Å². The van der Waals surface area contributed by atoms with E-state index in [0.29, 0.717) is 6.54 Å². The van der Waals surface area contributed by atoms with Crippen molar-refractivity contribution in [2.75, 3.05) is 5.32 Å². The summed E-state index contributed by atoms with van der Waals surface area (Å²) in [6, 6.07) is 3.80. The minimum absolute atomic E-state index is 0.624. The molecule has 1 N–H and O–H groups in total. The van der Waals surface area contributed by atoms with Crippen molar-refractivity contribution in [2.45, 2.75) is 36.4 Å². The summed E-state index contributed by atoms with van der Waals surface area (Å²) in [5, 5.41) is 15.7. The van der Waals surface area contributed by atoms with Crippen LogP contribution in [-0.2, 0) is 18.7 Å². The zero-order valence-corrected chi connectivity index (χ0v) is 14.6. The van der Waals surface area contributed by atoms with Gasteiger partial charge in [0.15, 0.2) is 4.34 Å². The summed E-state index contributed by atoms with van der Waals surface area (Å²) >= 11 is 4.97. The fraction of sp³-hybridized carbons (Fsp3) is 0.357. The first-order valence-corrected chi connectivity index (χ1v) is 9.67. The highest BCUT2D eigenvalue weighted by molar-refractivity contribution is 8.00. The van der Waals surface area contributed by atoms with Gasteiger partial charge in [0.2, 0.25) is 5.13 Å². The van der Waals surface area contributed by atoms with Gasteiger partial charge >= 0.3 is 0 Å². The topological polar surface area (TPSA) is 63.8 Å². The second kappa shape index (κ2) is 7.75. The molecule has 0 atom stereocenters. The van der Waals surface area contributed by atoms with Crippen LogP contribution in [0.25, 0.3) is 0 Å². The zero-order valence-electron chi connectivity index (χ0n) is 12.1. The van der Waals surface area contributed by atoms with Gasteiger partial charge in [0, 0.05) is 11.1 Å². The number of nitrogens with zero attached hydrogens (tertiary/aromatic N) is 3. The van der Waals surface area contributed by atoms with Gasteiger partial charge in [-0.1, -0.05) is 30.0 Å². The number of aryl methyl sites for hydroxylation is 1. The predicted octanol–water partition coefficient (Wildman–Crippen LogP) is 4.44. The van der Waals surface area contributed by atoms with Crippen molar-refractivity contribution in [3.8, 4) is 0 Å². The number of anilines is 1. The van der Waals surface area contributed by atoms with Gasteiger partial charge in [0.1, 0.15) is 5.76 Å². The van der Waals surface area contributed by atoms with E-state index in [1.807, 2.05) is 12.1 Å². The minimum atomic E-state index is 0.624. The number of rotatable bonds is 8. The Balaban J connectivity index is 1.48. The number of hydrogen-bond acceptors (Lipinski definition) is 8. The molecule has 0 saturated heterocycles. The molecule has 116 valence electrons. The van der Waals surface area contributed by atoms with Crippen molar-refractivity contribution in [2.24, 2.45) is 0 Å². The first-order valence-electron chi connectivity index (χ1n) is 6.99. The molecule has 0 aliphatic carbocycles. The summed E-state index contributed by atoms with van der Waals surface area (Å²) < 4.78 is 6.22. The molecule has 8 heteroatoms. The Kier molecular flexibility index (Phi) is 5.47. The smallest absolute Gasteiger partial charge is 0.206 e. The molecule has 3 heterocycles. The maximum absolute atomic E-state index is 5.27. The van der Waals surface area contributed by atoms with Crippen molar-refractivity contribution in [3.05, 3.63) is 40.2 Å². The quantitative estimate of drug-likeness (QED) is 0.605. The summed E-state index contributed by atoms with van der Waals surface area (Å²) in [7, 11) is 0. The number of hydrogen-bond donors (Lipinski definition) is 1. The third kappa shape index (κ3) is 4.31. The Bertz CT molecular complexity index is 693. The van der Waals surface area contributed by atoms with E-state index >= 15 is 0 Å². The van der Waals surface area contributed by atoms with E-state index in [-0.39, 0.29) is 0 Å². The van der Waals surface area contributed by atoms with Gasteiger partial charge in [0.25, 0.3) is 0 Å². The Morgan fingerprint density at radius 1 is 1.36 bits per heavy atom. The van der Waals surface area contributed by atoms with E-state index in [2.05, 4.69) is 32.8 Å². The molecule has 0 saturated carbocycles. The lowest BCUT2D eigenvalue weighted by atomic mass is 10.3. The van der Waals surface area contributed by atoms with Crippen LogP contribution >= 0.6 is 34.4 Å².